The number of halogens is 3. The first-order chi connectivity index (χ1) is 18.3. The summed E-state index contributed by atoms with van der Waals surface area (Å²) in [6.07, 6.45) is -4.65. The number of carbonyl (C=O) groups is 2. The number of hydrogen-bond donors (Lipinski definition) is 1. The molecule has 1 fully saturated rings. The van der Waals surface area contributed by atoms with E-state index in [1.165, 1.54) is 12.1 Å². The molecule has 0 aliphatic carbocycles. The monoisotopic (exact) mass is 537 g/mol. The largest absolute Gasteiger partial charge is 0.507 e. The lowest BCUT2D eigenvalue weighted by molar-refractivity contribution is -0.137. The number of nitrogens with zero attached hydrogens (tertiary/aromatic N) is 1. The van der Waals surface area contributed by atoms with E-state index in [1.807, 2.05) is 27.7 Å². The number of aliphatic hydroxyl groups excluding tert-OH is 1. The zero-order valence-corrected chi connectivity index (χ0v) is 22.4. The van der Waals surface area contributed by atoms with Crippen LogP contribution in [0.1, 0.15) is 61.6 Å². The van der Waals surface area contributed by atoms with Crippen molar-refractivity contribution < 1.29 is 32.6 Å². The molecule has 1 amide bonds. The summed E-state index contributed by atoms with van der Waals surface area (Å²) in [7, 11) is 0. The summed E-state index contributed by atoms with van der Waals surface area (Å²) in [6, 6.07) is 15.1. The van der Waals surface area contributed by atoms with Crippen molar-refractivity contribution in [1.82, 2.24) is 0 Å². The van der Waals surface area contributed by atoms with Crippen molar-refractivity contribution >= 4 is 23.1 Å². The minimum Gasteiger partial charge on any atom is -0.507 e. The number of ether oxygens (including phenoxy) is 1. The van der Waals surface area contributed by atoms with Crippen LogP contribution >= 0.6 is 0 Å². The van der Waals surface area contributed by atoms with Crippen molar-refractivity contribution in [3.8, 4) is 5.75 Å². The smallest absolute Gasteiger partial charge is 0.416 e. The first-order valence-corrected chi connectivity index (χ1v) is 12.6. The zero-order chi connectivity index (χ0) is 28.7. The Hall–Kier alpha value is -4.07. The van der Waals surface area contributed by atoms with Crippen LogP contribution in [0.5, 0.6) is 5.75 Å². The van der Waals surface area contributed by atoms with Gasteiger partial charge in [-0.2, -0.15) is 13.2 Å². The maximum atomic E-state index is 13.5. The van der Waals surface area contributed by atoms with Gasteiger partial charge >= 0.3 is 6.18 Å². The predicted molar refractivity (Wildman–Crippen MR) is 144 cm³/mol. The number of carbonyl (C=O) groups excluding carboxylic acids is 2. The van der Waals surface area contributed by atoms with Crippen LogP contribution in [-0.4, -0.2) is 23.4 Å². The minimum absolute atomic E-state index is 0.0960. The highest BCUT2D eigenvalue weighted by atomic mass is 19.4. The van der Waals surface area contributed by atoms with Gasteiger partial charge in [0.2, 0.25) is 0 Å². The molecular weight excluding hydrogens is 507 g/mol. The second kappa shape index (κ2) is 10.2. The minimum atomic E-state index is -4.65. The van der Waals surface area contributed by atoms with E-state index in [0.29, 0.717) is 29.0 Å². The van der Waals surface area contributed by atoms with Gasteiger partial charge in [-0.05, 0) is 66.8 Å². The van der Waals surface area contributed by atoms with E-state index in [9.17, 15) is 27.9 Å². The highest BCUT2D eigenvalue weighted by molar-refractivity contribution is 6.51. The Labute approximate surface area is 225 Å². The highest BCUT2D eigenvalue weighted by Gasteiger charge is 2.48. The first kappa shape index (κ1) is 28.0. The molecule has 1 atom stereocenters. The fraction of sp³-hybridized carbons (Fsp3) is 0.290. The van der Waals surface area contributed by atoms with E-state index in [1.54, 1.807) is 49.4 Å². The first-order valence-electron chi connectivity index (χ1n) is 12.6. The number of ketones is 1. The van der Waals surface area contributed by atoms with Crippen LogP contribution in [0.3, 0.4) is 0 Å². The molecule has 1 heterocycles. The zero-order valence-electron chi connectivity index (χ0n) is 22.4. The molecule has 1 aliphatic heterocycles. The molecule has 0 spiro atoms. The molecule has 3 aromatic carbocycles. The van der Waals surface area contributed by atoms with E-state index >= 15 is 0 Å². The standard InChI is InChI=1S/C31H30F3NO4/c1-6-39-24-15-14-19(16-23(24)30(3,4)5)27(36)25-26(22-13-8-7-10-18(22)2)35(29(38)28(25)37)21-12-9-11-20(17-21)31(32,33)34/h7-17,26,36H,6H2,1-5H3/b27-25+. The van der Waals surface area contributed by atoms with Gasteiger partial charge in [-0.3, -0.25) is 14.5 Å². The van der Waals surface area contributed by atoms with E-state index in [0.717, 1.165) is 22.6 Å². The molecule has 1 saturated heterocycles. The number of anilines is 1. The number of alkyl halides is 3. The van der Waals surface area contributed by atoms with Crippen LogP contribution in [0, 0.1) is 6.92 Å². The maximum Gasteiger partial charge on any atom is 0.416 e. The highest BCUT2D eigenvalue weighted by Crippen LogP contribution is 2.45. The van der Waals surface area contributed by atoms with Crippen LogP contribution < -0.4 is 9.64 Å². The summed E-state index contributed by atoms with van der Waals surface area (Å²) in [4.78, 5) is 27.9. The summed E-state index contributed by atoms with van der Waals surface area (Å²) < 4.78 is 46.4. The Balaban J connectivity index is 1.98. The van der Waals surface area contributed by atoms with E-state index in [-0.39, 0.29) is 16.7 Å². The third-order valence-corrected chi connectivity index (χ3v) is 6.74. The predicted octanol–water partition coefficient (Wildman–Crippen LogP) is 7.34. The second-order valence-electron chi connectivity index (χ2n) is 10.5. The van der Waals surface area contributed by atoms with Gasteiger partial charge in [-0.25, -0.2) is 0 Å². The van der Waals surface area contributed by atoms with Crippen LogP contribution in [0.25, 0.3) is 5.76 Å². The molecular formula is C31H30F3NO4. The molecule has 1 N–H and O–H groups in total. The summed E-state index contributed by atoms with van der Waals surface area (Å²) in [5.74, 6) is -1.79. The molecule has 4 rings (SSSR count). The fourth-order valence-corrected chi connectivity index (χ4v) is 4.82. The number of rotatable bonds is 5. The van der Waals surface area contributed by atoms with Gasteiger partial charge in [0.25, 0.3) is 11.7 Å². The van der Waals surface area contributed by atoms with Crippen molar-refractivity contribution in [3.05, 3.63) is 100 Å². The number of benzene rings is 3. The molecule has 1 aliphatic rings. The summed E-state index contributed by atoms with van der Waals surface area (Å²) in [5.41, 5.74) is 0.674. The lowest BCUT2D eigenvalue weighted by atomic mass is 9.84. The Morgan fingerprint density at radius 1 is 0.974 bits per heavy atom. The molecule has 8 heteroatoms. The molecule has 0 radical (unpaired) electrons. The summed E-state index contributed by atoms with van der Waals surface area (Å²) in [5, 5.41) is 11.5. The van der Waals surface area contributed by atoms with Gasteiger partial charge in [-0.15, -0.1) is 0 Å². The number of Topliss-reactive ketones (excluding diaryl/α,β-unsaturated/α-hetero) is 1. The average molecular weight is 538 g/mol. The molecule has 204 valence electrons. The Bertz CT molecular complexity index is 1470. The second-order valence-corrected chi connectivity index (χ2v) is 10.5. The third kappa shape index (κ3) is 5.28. The lowest BCUT2D eigenvalue weighted by Crippen LogP contribution is -2.30. The molecule has 1 unspecified atom stereocenters. The SMILES string of the molecule is CCOc1ccc(/C(O)=C2\C(=O)C(=O)N(c3cccc(C(F)(F)F)c3)C2c2ccccc2C)cc1C(C)(C)C. The molecule has 39 heavy (non-hydrogen) atoms. The van der Waals surface area contributed by atoms with Crippen molar-refractivity contribution in [2.45, 2.75) is 52.3 Å². The Morgan fingerprint density at radius 2 is 1.67 bits per heavy atom. The van der Waals surface area contributed by atoms with Crippen LogP contribution in [-0.2, 0) is 21.2 Å². The van der Waals surface area contributed by atoms with Gasteiger partial charge in [0.15, 0.2) is 0 Å². The van der Waals surface area contributed by atoms with E-state index in [2.05, 4.69) is 0 Å². The number of aryl methyl sites for hydroxylation is 1. The Morgan fingerprint density at radius 3 is 2.28 bits per heavy atom. The van der Waals surface area contributed by atoms with Gasteiger partial charge < -0.3 is 9.84 Å². The molecule has 0 aromatic heterocycles. The molecule has 0 bridgehead atoms. The summed E-state index contributed by atoms with van der Waals surface area (Å²) >= 11 is 0. The fourth-order valence-electron chi connectivity index (χ4n) is 4.82. The van der Waals surface area contributed by atoms with Crippen LogP contribution in [0.15, 0.2) is 72.3 Å². The summed E-state index contributed by atoms with van der Waals surface area (Å²) in [6.45, 7) is 10.0. The number of hydrogen-bond acceptors (Lipinski definition) is 4. The van der Waals surface area contributed by atoms with Crippen molar-refractivity contribution in [2.75, 3.05) is 11.5 Å². The Kier molecular flexibility index (Phi) is 7.34. The molecule has 0 saturated carbocycles. The normalized spacial score (nSPS) is 17.5. The quantitative estimate of drug-likeness (QED) is 0.210. The van der Waals surface area contributed by atoms with Crippen molar-refractivity contribution in [2.24, 2.45) is 0 Å². The van der Waals surface area contributed by atoms with Gasteiger partial charge in [-0.1, -0.05) is 51.1 Å². The third-order valence-electron chi connectivity index (χ3n) is 6.74. The topological polar surface area (TPSA) is 66.8 Å². The van der Waals surface area contributed by atoms with Gasteiger partial charge in [0.05, 0.1) is 23.8 Å². The molecule has 3 aromatic rings. The van der Waals surface area contributed by atoms with Crippen molar-refractivity contribution in [3.63, 3.8) is 0 Å². The van der Waals surface area contributed by atoms with Gasteiger partial charge in [0, 0.05) is 16.8 Å². The molecule has 5 nitrogen and oxygen atoms in total. The van der Waals surface area contributed by atoms with Crippen molar-refractivity contribution in [1.29, 1.82) is 0 Å². The lowest BCUT2D eigenvalue weighted by Gasteiger charge is -2.27. The average Bonchev–Trinajstić information content (AvgIpc) is 3.13. The van der Waals surface area contributed by atoms with E-state index < -0.39 is 35.2 Å². The van der Waals surface area contributed by atoms with Crippen LogP contribution in [0.2, 0.25) is 0 Å². The maximum absolute atomic E-state index is 13.5. The van der Waals surface area contributed by atoms with Gasteiger partial charge in [0.1, 0.15) is 11.5 Å². The van der Waals surface area contributed by atoms with E-state index in [4.69, 9.17) is 4.74 Å². The number of aliphatic hydroxyl groups is 1. The number of amides is 1. The van der Waals surface area contributed by atoms with Crippen LogP contribution in [0.4, 0.5) is 18.9 Å².